The molecule has 2 unspecified atom stereocenters. The Morgan fingerprint density at radius 1 is 1.44 bits per heavy atom. The fourth-order valence-corrected chi connectivity index (χ4v) is 1.14. The lowest BCUT2D eigenvalue weighted by molar-refractivity contribution is 0.0524. The van der Waals surface area contributed by atoms with Gasteiger partial charge in [0.25, 0.3) is 0 Å². The summed E-state index contributed by atoms with van der Waals surface area (Å²) in [4.78, 5) is 10.6. The average molecular weight is 225 g/mol. The largest absolute Gasteiger partial charge is 0.478 e. The van der Waals surface area contributed by atoms with Crippen LogP contribution in [0.4, 0.5) is 4.39 Å². The quantitative estimate of drug-likeness (QED) is 0.648. The molecule has 1 rings (SSSR count). The highest BCUT2D eigenvalue weighted by molar-refractivity contribution is 5.88. The van der Waals surface area contributed by atoms with E-state index in [9.17, 15) is 14.3 Å². The van der Waals surface area contributed by atoms with E-state index in [4.69, 9.17) is 15.5 Å². The van der Waals surface area contributed by atoms with Crippen LogP contribution in [-0.4, -0.2) is 27.4 Å². The van der Waals surface area contributed by atoms with Gasteiger partial charge in [0.05, 0.1) is 11.6 Å². The van der Waals surface area contributed by atoms with Crippen LogP contribution in [0, 0.1) is 17.1 Å². The molecular weight excluding hydrogens is 217 g/mol. The minimum absolute atomic E-state index is 0.0344. The summed E-state index contributed by atoms with van der Waals surface area (Å²) in [6, 6.07) is 4.23. The summed E-state index contributed by atoms with van der Waals surface area (Å²) in [5.74, 6) is -2.44. The molecule has 0 amide bonds. The van der Waals surface area contributed by atoms with Crippen LogP contribution in [0.5, 0.6) is 0 Å². The first-order valence-corrected chi connectivity index (χ1v) is 4.26. The fourth-order valence-electron chi connectivity index (χ4n) is 1.14. The molecular formula is C10H8FNO4. The van der Waals surface area contributed by atoms with Gasteiger partial charge in [-0.3, -0.25) is 0 Å². The third-order valence-corrected chi connectivity index (χ3v) is 1.99. The zero-order valence-corrected chi connectivity index (χ0v) is 7.96. The topological polar surface area (TPSA) is 102 Å². The van der Waals surface area contributed by atoms with E-state index in [1.807, 2.05) is 0 Å². The van der Waals surface area contributed by atoms with Gasteiger partial charge in [0.2, 0.25) is 0 Å². The average Bonchev–Trinajstić information content (AvgIpc) is 2.27. The Hall–Kier alpha value is -1.97. The Bertz CT molecular complexity index is 455. The highest BCUT2D eigenvalue weighted by atomic mass is 19.1. The zero-order chi connectivity index (χ0) is 12.3. The molecule has 0 fully saturated rings. The number of benzene rings is 1. The predicted octanol–water partition coefficient (Wildman–Crippen LogP) is 0.442. The molecule has 0 heterocycles. The van der Waals surface area contributed by atoms with E-state index in [-0.39, 0.29) is 5.56 Å². The van der Waals surface area contributed by atoms with E-state index in [1.165, 1.54) is 6.07 Å². The molecule has 0 radical (unpaired) electrons. The number of halogens is 1. The van der Waals surface area contributed by atoms with Gasteiger partial charge in [0.1, 0.15) is 11.9 Å². The van der Waals surface area contributed by atoms with Crippen LogP contribution in [0.3, 0.4) is 0 Å². The number of aromatic carboxylic acids is 1. The van der Waals surface area contributed by atoms with Crippen LogP contribution in [0.2, 0.25) is 0 Å². The van der Waals surface area contributed by atoms with Gasteiger partial charge in [0.15, 0.2) is 6.10 Å². The molecule has 84 valence electrons. The van der Waals surface area contributed by atoms with Gasteiger partial charge < -0.3 is 15.3 Å². The van der Waals surface area contributed by atoms with Gasteiger partial charge in [-0.05, 0) is 17.7 Å². The zero-order valence-electron chi connectivity index (χ0n) is 7.96. The van der Waals surface area contributed by atoms with Crippen molar-refractivity contribution in [3.05, 3.63) is 35.1 Å². The number of carboxylic acids is 1. The first kappa shape index (κ1) is 12.1. The Balaban J connectivity index is 3.13. The van der Waals surface area contributed by atoms with Crippen LogP contribution in [0.15, 0.2) is 18.2 Å². The lowest BCUT2D eigenvalue weighted by atomic mass is 10.0. The van der Waals surface area contributed by atoms with Crippen molar-refractivity contribution in [2.45, 2.75) is 12.2 Å². The van der Waals surface area contributed by atoms with E-state index in [0.717, 1.165) is 18.2 Å². The summed E-state index contributed by atoms with van der Waals surface area (Å²) in [6.45, 7) is 0. The van der Waals surface area contributed by atoms with Crippen molar-refractivity contribution in [1.82, 2.24) is 0 Å². The molecule has 3 N–H and O–H groups in total. The molecule has 0 aromatic heterocycles. The smallest absolute Gasteiger partial charge is 0.338 e. The summed E-state index contributed by atoms with van der Waals surface area (Å²) in [7, 11) is 0. The van der Waals surface area contributed by atoms with Crippen LogP contribution in [0.25, 0.3) is 0 Å². The third kappa shape index (κ3) is 2.34. The Morgan fingerprint density at radius 2 is 2.06 bits per heavy atom. The normalized spacial score (nSPS) is 13.9. The van der Waals surface area contributed by atoms with Crippen LogP contribution < -0.4 is 0 Å². The summed E-state index contributed by atoms with van der Waals surface area (Å²) in [5, 5.41) is 35.4. The molecule has 0 aliphatic rings. The van der Waals surface area contributed by atoms with Crippen molar-refractivity contribution in [2.75, 3.05) is 0 Å². The molecule has 0 spiro atoms. The van der Waals surface area contributed by atoms with Gasteiger partial charge in [-0.15, -0.1) is 0 Å². The first-order chi connectivity index (χ1) is 7.47. The van der Waals surface area contributed by atoms with Crippen molar-refractivity contribution in [3.8, 4) is 6.07 Å². The van der Waals surface area contributed by atoms with Crippen molar-refractivity contribution < 1.29 is 24.5 Å². The van der Waals surface area contributed by atoms with E-state index >= 15 is 0 Å². The first-order valence-electron chi connectivity index (χ1n) is 4.26. The molecule has 5 nitrogen and oxygen atoms in total. The number of rotatable bonds is 3. The number of hydrogen-bond acceptors (Lipinski definition) is 4. The number of nitriles is 1. The molecule has 6 heteroatoms. The standard InChI is InChI=1S/C10H8FNO4/c11-7-2-1-5(3-6(7)10(15)16)9(14)8(13)4-12/h1-3,8-9,13-14H,(H,15,16). The molecule has 0 bridgehead atoms. The van der Waals surface area contributed by atoms with Crippen LogP contribution in [-0.2, 0) is 0 Å². The Morgan fingerprint density at radius 3 is 2.56 bits per heavy atom. The number of carboxylic acid groups (broad SMARTS) is 1. The van der Waals surface area contributed by atoms with Crippen molar-refractivity contribution in [3.63, 3.8) is 0 Å². The van der Waals surface area contributed by atoms with Gasteiger partial charge in [-0.2, -0.15) is 5.26 Å². The van der Waals surface area contributed by atoms with Crippen molar-refractivity contribution in [1.29, 1.82) is 5.26 Å². The third-order valence-electron chi connectivity index (χ3n) is 1.99. The molecule has 1 aromatic carbocycles. The maximum atomic E-state index is 13.0. The minimum Gasteiger partial charge on any atom is -0.478 e. The number of aliphatic hydroxyl groups is 2. The van der Waals surface area contributed by atoms with E-state index in [1.54, 1.807) is 0 Å². The van der Waals surface area contributed by atoms with Gasteiger partial charge in [-0.1, -0.05) is 6.07 Å². The van der Waals surface area contributed by atoms with E-state index in [0.29, 0.717) is 0 Å². The molecule has 1 aromatic rings. The summed E-state index contributed by atoms with van der Waals surface area (Å²) in [6.07, 6.45) is -3.25. The molecule has 0 aliphatic heterocycles. The number of carbonyl (C=O) groups is 1. The second-order valence-corrected chi connectivity index (χ2v) is 3.06. The van der Waals surface area contributed by atoms with Crippen molar-refractivity contribution >= 4 is 5.97 Å². The van der Waals surface area contributed by atoms with Crippen LogP contribution in [0.1, 0.15) is 22.0 Å². The summed E-state index contributed by atoms with van der Waals surface area (Å²) in [5.41, 5.74) is -0.658. The number of nitrogens with zero attached hydrogens (tertiary/aromatic N) is 1. The molecule has 0 saturated heterocycles. The maximum absolute atomic E-state index is 13.0. The van der Waals surface area contributed by atoms with E-state index < -0.39 is 29.6 Å². The minimum atomic E-state index is -1.69. The summed E-state index contributed by atoms with van der Waals surface area (Å²) >= 11 is 0. The predicted molar refractivity (Wildman–Crippen MR) is 49.9 cm³/mol. The second kappa shape index (κ2) is 4.70. The lowest BCUT2D eigenvalue weighted by Gasteiger charge is -2.12. The van der Waals surface area contributed by atoms with Gasteiger partial charge in [-0.25, -0.2) is 9.18 Å². The Kier molecular flexibility index (Phi) is 3.55. The summed E-state index contributed by atoms with van der Waals surface area (Å²) < 4.78 is 13.0. The molecule has 2 atom stereocenters. The van der Waals surface area contributed by atoms with Gasteiger partial charge >= 0.3 is 5.97 Å². The van der Waals surface area contributed by atoms with E-state index in [2.05, 4.69) is 0 Å². The molecule has 0 aliphatic carbocycles. The fraction of sp³-hybridized carbons (Fsp3) is 0.200. The number of aliphatic hydroxyl groups excluding tert-OH is 2. The van der Waals surface area contributed by atoms with Gasteiger partial charge in [0, 0.05) is 0 Å². The Labute approximate surface area is 90.0 Å². The molecule has 16 heavy (non-hydrogen) atoms. The molecule has 0 saturated carbocycles. The second-order valence-electron chi connectivity index (χ2n) is 3.06. The maximum Gasteiger partial charge on any atom is 0.338 e. The highest BCUT2D eigenvalue weighted by Gasteiger charge is 2.20. The SMILES string of the molecule is N#CC(O)C(O)c1ccc(F)c(C(=O)O)c1. The number of hydrogen-bond donors (Lipinski definition) is 3. The van der Waals surface area contributed by atoms with Crippen LogP contribution >= 0.6 is 0 Å². The highest BCUT2D eigenvalue weighted by Crippen LogP contribution is 2.19. The lowest BCUT2D eigenvalue weighted by Crippen LogP contribution is -2.16. The van der Waals surface area contributed by atoms with Crippen molar-refractivity contribution in [2.24, 2.45) is 0 Å². The monoisotopic (exact) mass is 225 g/mol.